The van der Waals surface area contributed by atoms with Gasteiger partial charge in [0.1, 0.15) is 22.3 Å². The quantitative estimate of drug-likeness (QED) is 0.271. The van der Waals surface area contributed by atoms with Gasteiger partial charge in [0.25, 0.3) is 5.91 Å². The number of carbonyl (C=O) groups is 1. The summed E-state index contributed by atoms with van der Waals surface area (Å²) in [6.45, 7) is 20.4. The van der Waals surface area contributed by atoms with Gasteiger partial charge in [0.15, 0.2) is 5.13 Å². The Morgan fingerprint density at radius 1 is 1.16 bits per heavy atom. The number of aliphatic hydroxyl groups excluding tert-OH is 1. The SMILES string of the molecule is [2H]C(C)(C)c1c(C)c(C)cc(Cl)c1N(C)C(=O)c1sc(Nc2cc(N3C(C)CN(CCO)CC3C)nc(C(C)C)n2)nc1C. The number of aromatic nitrogens is 3. The summed E-state index contributed by atoms with van der Waals surface area (Å²) in [5.74, 6) is 1.10. The average Bonchev–Trinajstić information content (AvgIpc) is 3.28. The van der Waals surface area contributed by atoms with Crippen molar-refractivity contribution in [2.24, 2.45) is 0 Å². The van der Waals surface area contributed by atoms with Crippen LogP contribution in [0.25, 0.3) is 0 Å². The van der Waals surface area contributed by atoms with Crippen LogP contribution in [0.4, 0.5) is 22.5 Å². The minimum atomic E-state index is -0.960. The van der Waals surface area contributed by atoms with E-state index in [4.69, 9.17) is 27.9 Å². The number of amides is 1. The number of β-amino-alcohol motifs (C(OH)–C–C–N with tert-alkyl or cyclic N) is 1. The van der Waals surface area contributed by atoms with Gasteiger partial charge in [-0.3, -0.25) is 9.69 Å². The van der Waals surface area contributed by atoms with Gasteiger partial charge in [-0.25, -0.2) is 15.0 Å². The summed E-state index contributed by atoms with van der Waals surface area (Å²) in [4.78, 5) is 34.9. The lowest BCUT2D eigenvalue weighted by atomic mass is 9.92. The van der Waals surface area contributed by atoms with Gasteiger partial charge in [-0.2, -0.15) is 0 Å². The second kappa shape index (κ2) is 13.5. The molecule has 3 heterocycles. The van der Waals surface area contributed by atoms with Gasteiger partial charge in [0.05, 0.1) is 23.0 Å². The molecule has 4 rings (SSSR count). The van der Waals surface area contributed by atoms with Gasteiger partial charge in [-0.15, -0.1) is 0 Å². The van der Waals surface area contributed by atoms with Crippen LogP contribution in [0.2, 0.25) is 5.02 Å². The van der Waals surface area contributed by atoms with E-state index in [1.54, 1.807) is 11.9 Å². The Hall–Kier alpha value is -2.79. The van der Waals surface area contributed by atoms with Crippen molar-refractivity contribution in [2.75, 3.05) is 48.4 Å². The lowest BCUT2D eigenvalue weighted by molar-refractivity contribution is 0.0996. The smallest absolute Gasteiger partial charge is 0.270 e. The molecule has 2 N–H and O–H groups in total. The average molecular weight is 629 g/mol. The van der Waals surface area contributed by atoms with Crippen LogP contribution in [-0.4, -0.2) is 76.2 Å². The molecular formula is C32H46ClN7O2S. The predicted octanol–water partition coefficient (Wildman–Crippen LogP) is 6.67. The molecule has 0 aliphatic carbocycles. The lowest BCUT2D eigenvalue weighted by Crippen LogP contribution is -2.57. The Bertz CT molecular complexity index is 1510. The molecule has 0 spiro atoms. The van der Waals surface area contributed by atoms with Gasteiger partial charge in [0.2, 0.25) is 0 Å². The highest BCUT2D eigenvalue weighted by Gasteiger charge is 2.31. The number of rotatable bonds is 9. The molecular weight excluding hydrogens is 582 g/mol. The molecule has 0 bridgehead atoms. The standard InChI is InChI=1S/C32H46ClN7O2S/c1-17(2)27-22(8)19(5)13-24(33)28(27)38(10)31(42)29-23(9)34-32(43-29)36-25-14-26(37-30(35-25)18(3)4)40-20(6)15-39(11-12-41)16-21(40)7/h13-14,17-18,20-21,41H,11-12,15-16H2,1-10H3,(H,34,35,36,37)/i17D. The maximum Gasteiger partial charge on any atom is 0.270 e. The van der Waals surface area contributed by atoms with Crippen molar-refractivity contribution in [1.82, 2.24) is 19.9 Å². The summed E-state index contributed by atoms with van der Waals surface area (Å²) in [5.41, 5.74) is 3.81. The fraction of sp³-hybridized carbons (Fsp3) is 0.562. The third kappa shape index (κ3) is 6.98. The van der Waals surface area contributed by atoms with Crippen LogP contribution in [-0.2, 0) is 0 Å². The van der Waals surface area contributed by atoms with Gasteiger partial charge in [0, 0.05) is 52.1 Å². The number of anilines is 4. The number of nitrogens with one attached hydrogen (secondary N) is 1. The highest BCUT2D eigenvalue weighted by molar-refractivity contribution is 7.17. The zero-order valence-electron chi connectivity index (χ0n) is 28.0. The number of aryl methyl sites for hydroxylation is 2. The van der Waals surface area contributed by atoms with E-state index >= 15 is 0 Å². The Kier molecular flexibility index (Phi) is 9.90. The van der Waals surface area contributed by atoms with Gasteiger partial charge >= 0.3 is 0 Å². The molecule has 2 atom stereocenters. The Morgan fingerprint density at radius 3 is 2.40 bits per heavy atom. The Labute approximate surface area is 266 Å². The molecule has 1 aliphatic rings. The predicted molar refractivity (Wildman–Crippen MR) is 179 cm³/mol. The molecule has 9 nitrogen and oxygen atoms in total. The summed E-state index contributed by atoms with van der Waals surface area (Å²) < 4.78 is 8.81. The zero-order chi connectivity index (χ0) is 32.7. The number of benzene rings is 1. The molecule has 1 aliphatic heterocycles. The van der Waals surface area contributed by atoms with E-state index in [1.165, 1.54) is 11.3 Å². The molecule has 0 radical (unpaired) electrons. The fourth-order valence-corrected chi connectivity index (χ4v) is 7.26. The fourth-order valence-electron chi connectivity index (χ4n) is 5.93. The Morgan fingerprint density at radius 2 is 1.81 bits per heavy atom. The molecule has 234 valence electrons. The van der Waals surface area contributed by atoms with Crippen LogP contribution in [0.5, 0.6) is 0 Å². The number of hydrogen-bond donors (Lipinski definition) is 2. The van der Waals surface area contributed by atoms with Crippen LogP contribution in [0, 0.1) is 20.8 Å². The van der Waals surface area contributed by atoms with Crippen molar-refractivity contribution < 1.29 is 11.3 Å². The van der Waals surface area contributed by atoms with Gasteiger partial charge in [-0.05, 0) is 63.3 Å². The minimum absolute atomic E-state index is 0.110. The van der Waals surface area contributed by atoms with E-state index in [-0.39, 0.29) is 30.5 Å². The molecule has 11 heteroatoms. The molecule has 2 unspecified atom stereocenters. The van der Waals surface area contributed by atoms with E-state index in [1.807, 2.05) is 46.8 Å². The zero-order valence-corrected chi connectivity index (χ0v) is 28.6. The van der Waals surface area contributed by atoms with E-state index in [0.29, 0.717) is 38.8 Å². The number of carbonyl (C=O) groups excluding carboxylic acids is 1. The van der Waals surface area contributed by atoms with Gasteiger partial charge < -0.3 is 20.2 Å². The number of thiazole rings is 1. The summed E-state index contributed by atoms with van der Waals surface area (Å²) in [5, 5.41) is 13.8. The van der Waals surface area contributed by atoms with Crippen molar-refractivity contribution in [3.63, 3.8) is 0 Å². The Balaban J connectivity index is 1.65. The third-order valence-corrected chi connectivity index (χ3v) is 9.41. The van der Waals surface area contributed by atoms with Crippen molar-refractivity contribution in [1.29, 1.82) is 0 Å². The first-order valence-corrected chi connectivity index (χ1v) is 16.1. The second-order valence-electron chi connectivity index (χ2n) is 12.2. The molecule has 2 aromatic heterocycles. The number of hydrogen-bond acceptors (Lipinski definition) is 9. The van der Waals surface area contributed by atoms with Crippen molar-refractivity contribution >= 4 is 51.3 Å². The third-order valence-electron chi connectivity index (χ3n) is 8.06. The van der Waals surface area contributed by atoms with Crippen LogP contribution < -0.4 is 15.1 Å². The lowest BCUT2D eigenvalue weighted by Gasteiger charge is -2.45. The monoisotopic (exact) mass is 628 g/mol. The number of halogens is 1. The molecule has 1 aromatic carbocycles. The van der Waals surface area contributed by atoms with E-state index in [0.717, 1.165) is 41.4 Å². The summed E-state index contributed by atoms with van der Waals surface area (Å²) in [6.07, 6.45) is 0. The van der Waals surface area contributed by atoms with Crippen LogP contribution in [0.1, 0.15) is 92.6 Å². The molecule has 3 aromatic rings. The van der Waals surface area contributed by atoms with E-state index in [2.05, 4.69) is 42.8 Å². The van der Waals surface area contributed by atoms with Gasteiger partial charge in [-0.1, -0.05) is 50.6 Å². The maximum atomic E-state index is 13.9. The van der Waals surface area contributed by atoms with Crippen molar-refractivity contribution in [3.8, 4) is 0 Å². The number of piperazine rings is 1. The molecule has 1 amide bonds. The van der Waals surface area contributed by atoms with Crippen molar-refractivity contribution in [3.05, 3.63) is 50.2 Å². The summed E-state index contributed by atoms with van der Waals surface area (Å²) in [7, 11) is 1.70. The first kappa shape index (κ1) is 31.6. The minimum Gasteiger partial charge on any atom is -0.395 e. The topological polar surface area (TPSA) is 97.7 Å². The van der Waals surface area contributed by atoms with Crippen molar-refractivity contribution in [2.45, 2.75) is 86.2 Å². The van der Waals surface area contributed by atoms with Crippen LogP contribution in [0.15, 0.2) is 12.1 Å². The molecule has 1 fully saturated rings. The highest BCUT2D eigenvalue weighted by Crippen LogP contribution is 2.40. The first-order valence-electron chi connectivity index (χ1n) is 15.4. The van der Waals surface area contributed by atoms with E-state index < -0.39 is 5.89 Å². The highest BCUT2D eigenvalue weighted by atomic mass is 35.5. The summed E-state index contributed by atoms with van der Waals surface area (Å²) in [6, 6.07) is 4.20. The first-order chi connectivity index (χ1) is 20.5. The van der Waals surface area contributed by atoms with Crippen LogP contribution >= 0.6 is 22.9 Å². The number of aliphatic hydroxyl groups is 1. The maximum absolute atomic E-state index is 13.9. The molecule has 43 heavy (non-hydrogen) atoms. The second-order valence-corrected chi connectivity index (χ2v) is 13.6. The normalized spacial score (nSPS) is 18.3. The largest absolute Gasteiger partial charge is 0.395 e. The molecule has 0 saturated carbocycles. The molecule has 1 saturated heterocycles. The number of nitrogens with zero attached hydrogens (tertiary/aromatic N) is 6. The van der Waals surface area contributed by atoms with Crippen LogP contribution in [0.3, 0.4) is 0 Å². The summed E-state index contributed by atoms with van der Waals surface area (Å²) >= 11 is 7.99. The van der Waals surface area contributed by atoms with E-state index in [9.17, 15) is 9.90 Å².